The number of carbonyl (C=O) groups is 3. The van der Waals surface area contributed by atoms with Crippen molar-refractivity contribution < 1.29 is 29.3 Å². The van der Waals surface area contributed by atoms with Crippen LogP contribution in [0.25, 0.3) is 0 Å². The molecule has 270 valence electrons. The SMILES string of the molecule is C=C[C@]1(C)C[C@@H](OC(=O)CSc2ccccc2NC(=O)CN2CCN(c3ccccc3O)CC2)[C@]2(C)[C@H](C)CC[C@]3(CCC(=O)[C@H]32)[C@@H](C)[C@@H]1O. The lowest BCUT2D eigenvalue weighted by Gasteiger charge is -2.61. The summed E-state index contributed by atoms with van der Waals surface area (Å²) in [6.45, 7) is 15.6. The summed E-state index contributed by atoms with van der Waals surface area (Å²) in [5.74, 6) is -0.177. The summed E-state index contributed by atoms with van der Waals surface area (Å²) in [7, 11) is 0. The lowest BCUT2D eigenvalue weighted by Crippen LogP contribution is -2.63. The van der Waals surface area contributed by atoms with Gasteiger partial charge in [-0.25, -0.2) is 0 Å². The monoisotopic (exact) mass is 703 g/mol. The summed E-state index contributed by atoms with van der Waals surface area (Å²) in [5.41, 5.74) is -0.132. The van der Waals surface area contributed by atoms with Crippen LogP contribution in [0.1, 0.15) is 59.8 Å². The van der Waals surface area contributed by atoms with Crippen molar-refractivity contribution in [2.45, 2.75) is 76.9 Å². The molecule has 0 aromatic heterocycles. The molecular weight excluding hydrogens is 651 g/mol. The Kier molecular flexibility index (Phi) is 10.5. The van der Waals surface area contributed by atoms with Crippen LogP contribution in [0.3, 0.4) is 0 Å². The Morgan fingerprint density at radius 2 is 1.76 bits per heavy atom. The van der Waals surface area contributed by atoms with E-state index in [-0.39, 0.29) is 58.9 Å². The summed E-state index contributed by atoms with van der Waals surface area (Å²) in [5, 5.41) is 25.1. The summed E-state index contributed by atoms with van der Waals surface area (Å²) in [6.07, 6.45) is 4.01. The predicted octanol–water partition coefficient (Wildman–Crippen LogP) is 6.15. The van der Waals surface area contributed by atoms with Gasteiger partial charge in [0.15, 0.2) is 0 Å². The molecule has 4 fully saturated rings. The third-order valence-electron chi connectivity index (χ3n) is 13.0. The number of rotatable bonds is 9. The highest BCUT2D eigenvalue weighted by Gasteiger charge is 2.68. The molecule has 2 bridgehead atoms. The van der Waals surface area contributed by atoms with Crippen molar-refractivity contribution >= 4 is 40.8 Å². The highest BCUT2D eigenvalue weighted by molar-refractivity contribution is 8.00. The molecular formula is C40H53N3O6S. The van der Waals surface area contributed by atoms with E-state index in [1.807, 2.05) is 49.4 Å². The van der Waals surface area contributed by atoms with Crippen molar-refractivity contribution in [3.05, 3.63) is 61.2 Å². The molecule has 1 saturated heterocycles. The van der Waals surface area contributed by atoms with Crippen LogP contribution in [0, 0.1) is 34.0 Å². The number of aliphatic hydroxyl groups excluding tert-OH is 1. The van der Waals surface area contributed by atoms with E-state index in [9.17, 15) is 24.6 Å². The van der Waals surface area contributed by atoms with Crippen molar-refractivity contribution in [2.75, 3.05) is 48.7 Å². The highest BCUT2D eigenvalue weighted by atomic mass is 32.2. The summed E-state index contributed by atoms with van der Waals surface area (Å²) in [6, 6.07) is 14.8. The molecule has 1 amide bonds. The van der Waals surface area contributed by atoms with Crippen molar-refractivity contribution in [2.24, 2.45) is 34.0 Å². The molecule has 0 spiro atoms. The average molecular weight is 704 g/mol. The molecule has 3 aliphatic carbocycles. The summed E-state index contributed by atoms with van der Waals surface area (Å²) < 4.78 is 6.43. The van der Waals surface area contributed by atoms with Gasteiger partial charge < -0.3 is 25.2 Å². The number of benzene rings is 2. The number of hydrogen-bond donors (Lipinski definition) is 3. The van der Waals surface area contributed by atoms with Crippen molar-refractivity contribution in [1.82, 2.24) is 4.90 Å². The Bertz CT molecular complexity index is 1610. The van der Waals surface area contributed by atoms with E-state index in [1.165, 1.54) is 11.8 Å². The number of Topliss-reactive ketones (excluding diaryl/α,β-unsaturated/α-hetero) is 1. The second kappa shape index (κ2) is 14.4. The number of thioether (sulfide) groups is 1. The molecule has 2 aromatic carbocycles. The second-order valence-electron chi connectivity index (χ2n) is 15.6. The van der Waals surface area contributed by atoms with Gasteiger partial charge in [-0.2, -0.15) is 0 Å². The predicted molar refractivity (Wildman–Crippen MR) is 197 cm³/mol. The van der Waals surface area contributed by atoms with E-state index in [0.29, 0.717) is 44.7 Å². The maximum atomic E-state index is 13.7. The first-order chi connectivity index (χ1) is 23.8. The van der Waals surface area contributed by atoms with Gasteiger partial charge in [-0.1, -0.05) is 58.0 Å². The molecule has 0 radical (unpaired) electrons. The quantitative estimate of drug-likeness (QED) is 0.161. The van der Waals surface area contributed by atoms with E-state index in [2.05, 4.69) is 42.5 Å². The van der Waals surface area contributed by atoms with Crippen molar-refractivity contribution in [3.8, 4) is 5.75 Å². The van der Waals surface area contributed by atoms with Crippen LogP contribution in [-0.2, 0) is 19.1 Å². The van der Waals surface area contributed by atoms with Gasteiger partial charge in [-0.3, -0.25) is 19.3 Å². The third kappa shape index (κ3) is 6.59. The van der Waals surface area contributed by atoms with Crippen LogP contribution in [0.4, 0.5) is 11.4 Å². The van der Waals surface area contributed by atoms with Crippen molar-refractivity contribution in [3.63, 3.8) is 0 Å². The Labute approximate surface area is 300 Å². The maximum absolute atomic E-state index is 13.7. The number of piperazine rings is 1. The largest absolute Gasteiger partial charge is 0.506 e. The number of phenolic OH excluding ortho intramolecular Hbond substituents is 1. The zero-order valence-corrected chi connectivity index (χ0v) is 30.7. The number of nitrogens with zero attached hydrogens (tertiary/aromatic N) is 2. The van der Waals surface area contributed by atoms with E-state index in [0.717, 1.165) is 29.8 Å². The van der Waals surface area contributed by atoms with E-state index >= 15 is 0 Å². The lowest BCUT2D eigenvalue weighted by atomic mass is 9.44. The Morgan fingerprint density at radius 3 is 2.48 bits per heavy atom. The molecule has 3 N–H and O–H groups in total. The number of hydrogen-bond acceptors (Lipinski definition) is 9. The van der Waals surface area contributed by atoms with Crippen LogP contribution in [-0.4, -0.2) is 83.5 Å². The minimum absolute atomic E-state index is 0.0374. The number of amides is 1. The highest BCUT2D eigenvalue weighted by Crippen LogP contribution is 2.68. The number of ether oxygens (including phenoxy) is 1. The second-order valence-corrected chi connectivity index (χ2v) is 16.7. The van der Waals surface area contributed by atoms with Crippen LogP contribution >= 0.6 is 11.8 Å². The normalized spacial score (nSPS) is 34.3. The minimum atomic E-state index is -0.710. The Hall–Kier alpha value is -3.34. The van der Waals surface area contributed by atoms with E-state index in [1.54, 1.807) is 12.1 Å². The average Bonchev–Trinajstić information content (AvgIpc) is 3.46. The van der Waals surface area contributed by atoms with Crippen molar-refractivity contribution in [1.29, 1.82) is 0 Å². The van der Waals surface area contributed by atoms with Crippen LogP contribution in [0.15, 0.2) is 66.1 Å². The maximum Gasteiger partial charge on any atom is 0.316 e. The first kappa shape index (κ1) is 36.5. The van der Waals surface area contributed by atoms with E-state index in [4.69, 9.17) is 4.74 Å². The number of aromatic hydroxyl groups is 1. The van der Waals surface area contributed by atoms with Gasteiger partial charge in [0.1, 0.15) is 17.6 Å². The van der Waals surface area contributed by atoms with Gasteiger partial charge in [0, 0.05) is 54.2 Å². The van der Waals surface area contributed by atoms with Gasteiger partial charge in [-0.05, 0) is 67.2 Å². The van der Waals surface area contributed by atoms with Crippen LogP contribution in [0.2, 0.25) is 0 Å². The molecule has 2 aromatic rings. The number of aliphatic hydroxyl groups is 1. The number of phenols is 1. The smallest absolute Gasteiger partial charge is 0.316 e. The fraction of sp³-hybridized carbons (Fsp3) is 0.575. The molecule has 50 heavy (non-hydrogen) atoms. The third-order valence-corrected chi connectivity index (χ3v) is 14.1. The minimum Gasteiger partial charge on any atom is -0.506 e. The molecule has 9 nitrogen and oxygen atoms in total. The van der Waals surface area contributed by atoms with Gasteiger partial charge in [-0.15, -0.1) is 18.3 Å². The topological polar surface area (TPSA) is 119 Å². The van der Waals surface area contributed by atoms with Gasteiger partial charge in [0.05, 0.1) is 29.8 Å². The molecule has 4 aliphatic rings. The summed E-state index contributed by atoms with van der Waals surface area (Å²) >= 11 is 1.32. The van der Waals surface area contributed by atoms with Crippen LogP contribution < -0.4 is 10.2 Å². The number of esters is 1. The standard InChI is InChI=1S/C40H53N3O6S/c1-6-38(4)23-33(39(5)26(2)15-17-40(27(3)37(38)48)18-16-31(45)36(39)40)49-35(47)25-50-32-14-10-7-11-28(32)41-34(46)24-42-19-21-43(22-20-42)29-12-8-9-13-30(29)44/h6-14,26-27,33,36-37,44,48H,1,15-25H2,2-5H3,(H,41,46)/t26-,27+,33-,36+,37+,38-,39+,40+/m1/s1. The number of nitrogens with one attached hydrogen (secondary N) is 1. The number of para-hydroxylation sites is 3. The number of anilines is 2. The molecule has 10 heteroatoms. The van der Waals surface area contributed by atoms with Gasteiger partial charge >= 0.3 is 5.97 Å². The molecule has 8 atom stereocenters. The molecule has 0 unspecified atom stereocenters. The van der Waals surface area contributed by atoms with Gasteiger partial charge in [0.25, 0.3) is 0 Å². The zero-order chi connectivity index (χ0) is 35.8. The molecule has 6 rings (SSSR count). The fourth-order valence-corrected chi connectivity index (χ4v) is 10.6. The van der Waals surface area contributed by atoms with E-state index < -0.39 is 23.0 Å². The fourth-order valence-electron chi connectivity index (χ4n) is 9.80. The number of carbonyl (C=O) groups excluding carboxylic acids is 3. The Balaban J connectivity index is 1.11. The summed E-state index contributed by atoms with van der Waals surface area (Å²) in [4.78, 5) is 45.6. The first-order valence-electron chi connectivity index (χ1n) is 18.1. The molecule has 1 aliphatic heterocycles. The zero-order valence-electron chi connectivity index (χ0n) is 29.9. The lowest BCUT2D eigenvalue weighted by molar-refractivity contribution is -0.205. The number of ketones is 1. The Morgan fingerprint density at radius 1 is 1.06 bits per heavy atom. The molecule has 1 heterocycles. The molecule has 3 saturated carbocycles. The van der Waals surface area contributed by atoms with Gasteiger partial charge in [0.2, 0.25) is 5.91 Å². The first-order valence-corrected chi connectivity index (χ1v) is 19.1. The van der Waals surface area contributed by atoms with Crippen LogP contribution in [0.5, 0.6) is 5.75 Å².